The lowest BCUT2D eigenvalue weighted by molar-refractivity contribution is -0.120. The monoisotopic (exact) mass is 221 g/mol. The third-order valence-corrected chi connectivity index (χ3v) is 2.46. The Balaban J connectivity index is 3.57. The number of rotatable bonds is 6. The number of hydrogen-bond donors (Lipinski definition) is 3. The molecule has 4 heteroatoms. The van der Waals surface area contributed by atoms with Gasteiger partial charge in [-0.05, 0) is 24.5 Å². The molecule has 0 aliphatic heterocycles. The quantitative estimate of drug-likeness (QED) is 0.588. The van der Waals surface area contributed by atoms with Crippen LogP contribution >= 0.6 is 25.3 Å². The zero-order valence-corrected chi connectivity index (χ0v) is 10.1. The second-order valence-electron chi connectivity index (χ2n) is 3.23. The molecule has 0 aromatic heterocycles. The summed E-state index contributed by atoms with van der Waals surface area (Å²) in [4.78, 5) is 11.3. The SMILES string of the molecule is CCCNC(=O)C(S)CCC(C)S. The van der Waals surface area contributed by atoms with Crippen LogP contribution in [0.4, 0.5) is 0 Å². The summed E-state index contributed by atoms with van der Waals surface area (Å²) < 4.78 is 0. The van der Waals surface area contributed by atoms with E-state index in [9.17, 15) is 4.79 Å². The standard InChI is InChI=1S/C9H19NOS2/c1-3-6-10-9(11)8(13)5-4-7(2)12/h7-8,12-13H,3-6H2,1-2H3,(H,10,11). The van der Waals surface area contributed by atoms with Gasteiger partial charge in [0.2, 0.25) is 5.91 Å². The molecule has 1 amide bonds. The van der Waals surface area contributed by atoms with Crippen LogP contribution in [0.3, 0.4) is 0 Å². The number of amides is 1. The molecule has 2 unspecified atom stereocenters. The summed E-state index contributed by atoms with van der Waals surface area (Å²) in [7, 11) is 0. The van der Waals surface area contributed by atoms with Gasteiger partial charge in [0.25, 0.3) is 0 Å². The Morgan fingerprint density at radius 3 is 2.46 bits per heavy atom. The molecule has 78 valence electrons. The van der Waals surface area contributed by atoms with Crippen molar-refractivity contribution in [1.82, 2.24) is 5.32 Å². The van der Waals surface area contributed by atoms with Crippen molar-refractivity contribution in [3.05, 3.63) is 0 Å². The van der Waals surface area contributed by atoms with Crippen LogP contribution in [0.15, 0.2) is 0 Å². The highest BCUT2D eigenvalue weighted by atomic mass is 32.1. The molecular formula is C9H19NOS2. The average molecular weight is 221 g/mol. The molecule has 0 spiro atoms. The van der Waals surface area contributed by atoms with Crippen molar-refractivity contribution in [3.8, 4) is 0 Å². The topological polar surface area (TPSA) is 29.1 Å². The van der Waals surface area contributed by atoms with Crippen molar-refractivity contribution in [2.75, 3.05) is 6.54 Å². The molecule has 0 fully saturated rings. The molecule has 0 aromatic rings. The first-order chi connectivity index (χ1) is 6.07. The largest absolute Gasteiger partial charge is 0.355 e. The molecular weight excluding hydrogens is 202 g/mol. The summed E-state index contributed by atoms with van der Waals surface area (Å²) in [6.07, 6.45) is 2.69. The van der Waals surface area contributed by atoms with Gasteiger partial charge in [-0.3, -0.25) is 4.79 Å². The van der Waals surface area contributed by atoms with Crippen molar-refractivity contribution in [2.45, 2.75) is 43.6 Å². The first-order valence-corrected chi connectivity index (χ1v) is 5.75. The molecule has 13 heavy (non-hydrogen) atoms. The molecule has 2 atom stereocenters. The molecule has 0 aliphatic rings. The van der Waals surface area contributed by atoms with Crippen LogP contribution in [-0.4, -0.2) is 23.0 Å². The van der Waals surface area contributed by atoms with Crippen LogP contribution in [0.5, 0.6) is 0 Å². The zero-order valence-electron chi connectivity index (χ0n) is 8.29. The van der Waals surface area contributed by atoms with Crippen LogP contribution in [0.2, 0.25) is 0 Å². The van der Waals surface area contributed by atoms with Gasteiger partial charge in [0.05, 0.1) is 5.25 Å². The van der Waals surface area contributed by atoms with E-state index in [1.807, 2.05) is 13.8 Å². The Labute approximate surface area is 91.7 Å². The number of nitrogens with one attached hydrogen (secondary N) is 1. The van der Waals surface area contributed by atoms with E-state index in [0.29, 0.717) is 5.25 Å². The maximum atomic E-state index is 11.3. The van der Waals surface area contributed by atoms with Crippen LogP contribution in [-0.2, 0) is 4.79 Å². The van der Waals surface area contributed by atoms with Crippen LogP contribution < -0.4 is 5.32 Å². The molecule has 0 aromatic carbocycles. The fraction of sp³-hybridized carbons (Fsp3) is 0.889. The summed E-state index contributed by atoms with van der Waals surface area (Å²) in [5, 5.41) is 2.98. The summed E-state index contributed by atoms with van der Waals surface area (Å²) in [5.41, 5.74) is 0. The predicted octanol–water partition coefficient (Wildman–Crippen LogP) is 1.91. The van der Waals surface area contributed by atoms with E-state index in [-0.39, 0.29) is 11.2 Å². The second kappa shape index (κ2) is 7.56. The van der Waals surface area contributed by atoms with E-state index in [0.717, 1.165) is 25.8 Å². The van der Waals surface area contributed by atoms with E-state index in [1.165, 1.54) is 0 Å². The highest BCUT2D eigenvalue weighted by Gasteiger charge is 2.12. The van der Waals surface area contributed by atoms with Gasteiger partial charge >= 0.3 is 0 Å². The smallest absolute Gasteiger partial charge is 0.232 e. The second-order valence-corrected chi connectivity index (χ2v) is 4.74. The van der Waals surface area contributed by atoms with Gasteiger partial charge in [-0.2, -0.15) is 25.3 Å². The molecule has 0 saturated carbocycles. The van der Waals surface area contributed by atoms with E-state index >= 15 is 0 Å². The van der Waals surface area contributed by atoms with Crippen molar-refractivity contribution >= 4 is 31.2 Å². The van der Waals surface area contributed by atoms with Crippen LogP contribution in [0.25, 0.3) is 0 Å². The van der Waals surface area contributed by atoms with Gasteiger partial charge in [-0.25, -0.2) is 0 Å². The maximum absolute atomic E-state index is 11.3. The summed E-state index contributed by atoms with van der Waals surface area (Å²) in [5.74, 6) is 0.0409. The lowest BCUT2D eigenvalue weighted by atomic mass is 10.2. The summed E-state index contributed by atoms with van der Waals surface area (Å²) in [6.45, 7) is 4.80. The van der Waals surface area contributed by atoms with Gasteiger partial charge < -0.3 is 5.32 Å². The third kappa shape index (κ3) is 7.26. The predicted molar refractivity (Wildman–Crippen MR) is 63.8 cm³/mol. The third-order valence-electron chi connectivity index (χ3n) is 1.71. The van der Waals surface area contributed by atoms with Crippen LogP contribution in [0.1, 0.15) is 33.1 Å². The number of carbonyl (C=O) groups excluding carboxylic acids is 1. The Morgan fingerprint density at radius 1 is 1.38 bits per heavy atom. The maximum Gasteiger partial charge on any atom is 0.232 e. The van der Waals surface area contributed by atoms with Gasteiger partial charge in [0.15, 0.2) is 0 Å². The highest BCUT2D eigenvalue weighted by molar-refractivity contribution is 7.81. The van der Waals surface area contributed by atoms with Gasteiger partial charge in [0, 0.05) is 6.54 Å². The van der Waals surface area contributed by atoms with Gasteiger partial charge in [-0.15, -0.1) is 0 Å². The van der Waals surface area contributed by atoms with Gasteiger partial charge in [-0.1, -0.05) is 13.8 Å². The van der Waals surface area contributed by atoms with E-state index in [4.69, 9.17) is 0 Å². The summed E-state index contributed by atoms with van der Waals surface area (Å²) in [6, 6.07) is 0. The van der Waals surface area contributed by atoms with E-state index in [2.05, 4.69) is 30.6 Å². The number of carbonyl (C=O) groups is 1. The first kappa shape index (κ1) is 13.2. The number of hydrogen-bond acceptors (Lipinski definition) is 3. The van der Waals surface area contributed by atoms with Crippen LogP contribution in [0, 0.1) is 0 Å². The fourth-order valence-corrected chi connectivity index (χ4v) is 1.29. The number of thiol groups is 2. The van der Waals surface area contributed by atoms with E-state index in [1.54, 1.807) is 0 Å². The molecule has 1 N–H and O–H groups in total. The Morgan fingerprint density at radius 2 is 2.00 bits per heavy atom. The zero-order chi connectivity index (χ0) is 10.3. The first-order valence-electron chi connectivity index (χ1n) is 4.71. The highest BCUT2D eigenvalue weighted by Crippen LogP contribution is 2.10. The summed E-state index contributed by atoms with van der Waals surface area (Å²) >= 11 is 8.47. The van der Waals surface area contributed by atoms with Crippen molar-refractivity contribution in [2.24, 2.45) is 0 Å². The minimum absolute atomic E-state index is 0.0409. The lowest BCUT2D eigenvalue weighted by Crippen LogP contribution is -2.32. The molecule has 2 nitrogen and oxygen atoms in total. The molecule has 0 heterocycles. The molecule has 0 saturated heterocycles. The molecule has 0 radical (unpaired) electrons. The van der Waals surface area contributed by atoms with Crippen molar-refractivity contribution in [3.63, 3.8) is 0 Å². The van der Waals surface area contributed by atoms with E-state index < -0.39 is 0 Å². The Kier molecular flexibility index (Phi) is 7.66. The van der Waals surface area contributed by atoms with Crippen molar-refractivity contribution < 1.29 is 4.79 Å². The molecule has 0 aliphatic carbocycles. The molecule has 0 rings (SSSR count). The normalized spacial score (nSPS) is 15.1. The average Bonchev–Trinajstić information content (AvgIpc) is 2.10. The Hall–Kier alpha value is 0.170. The molecule has 0 bridgehead atoms. The minimum atomic E-state index is -0.179. The van der Waals surface area contributed by atoms with Crippen molar-refractivity contribution in [1.29, 1.82) is 0 Å². The lowest BCUT2D eigenvalue weighted by Gasteiger charge is -2.11. The van der Waals surface area contributed by atoms with Gasteiger partial charge in [0.1, 0.15) is 0 Å². The minimum Gasteiger partial charge on any atom is -0.355 e. The fourth-order valence-electron chi connectivity index (χ4n) is 0.896. The Bertz CT molecular complexity index is 151.